The zero-order valence-electron chi connectivity index (χ0n) is 15.9. The molecule has 29 heavy (non-hydrogen) atoms. The number of amides is 1. The molecule has 0 bridgehead atoms. The van der Waals surface area contributed by atoms with Crippen molar-refractivity contribution in [3.63, 3.8) is 0 Å². The molecule has 7 heteroatoms. The first-order valence-corrected chi connectivity index (χ1v) is 11.3. The van der Waals surface area contributed by atoms with Gasteiger partial charge in [-0.05, 0) is 30.7 Å². The third-order valence-corrected chi connectivity index (χ3v) is 7.87. The van der Waals surface area contributed by atoms with E-state index in [0.29, 0.717) is 12.5 Å². The van der Waals surface area contributed by atoms with Gasteiger partial charge in [-0.1, -0.05) is 41.7 Å². The van der Waals surface area contributed by atoms with Crippen LogP contribution in [0.1, 0.15) is 21.9 Å². The van der Waals surface area contributed by atoms with E-state index in [1.807, 2.05) is 49.4 Å². The Labute approximate surface area is 176 Å². The first-order valence-electron chi connectivity index (χ1n) is 9.54. The van der Waals surface area contributed by atoms with Gasteiger partial charge in [0.25, 0.3) is 0 Å². The lowest BCUT2D eigenvalue weighted by Gasteiger charge is -2.36. The van der Waals surface area contributed by atoms with Gasteiger partial charge in [0, 0.05) is 33.7 Å². The summed E-state index contributed by atoms with van der Waals surface area (Å²) in [5.41, 5.74) is 2.97. The molecule has 148 valence electrons. The molecule has 2 aromatic carbocycles. The van der Waals surface area contributed by atoms with Crippen LogP contribution in [0.15, 0.2) is 58.4 Å². The molecule has 2 atom stereocenters. The maximum Gasteiger partial charge on any atom is 0.308 e. The average molecular weight is 425 g/mol. The van der Waals surface area contributed by atoms with Crippen molar-refractivity contribution in [1.29, 1.82) is 0 Å². The van der Waals surface area contributed by atoms with Crippen molar-refractivity contribution in [3.8, 4) is 5.75 Å². The predicted molar refractivity (Wildman–Crippen MR) is 116 cm³/mol. The van der Waals surface area contributed by atoms with Gasteiger partial charge in [-0.15, -0.1) is 11.8 Å². The summed E-state index contributed by atoms with van der Waals surface area (Å²) in [6.45, 7) is 2.67. The van der Waals surface area contributed by atoms with Crippen molar-refractivity contribution >= 4 is 34.7 Å². The molecule has 0 spiro atoms. The zero-order valence-corrected chi connectivity index (χ0v) is 17.5. The Kier molecular flexibility index (Phi) is 4.72. The van der Waals surface area contributed by atoms with Crippen LogP contribution in [-0.4, -0.2) is 22.8 Å². The molecule has 2 aliphatic rings. The fourth-order valence-electron chi connectivity index (χ4n) is 4.06. The second kappa shape index (κ2) is 7.39. The van der Waals surface area contributed by atoms with Gasteiger partial charge in [-0.3, -0.25) is 14.2 Å². The molecule has 1 amide bonds. The second-order valence-electron chi connectivity index (χ2n) is 7.44. The monoisotopic (exact) mass is 424 g/mol. The fraction of sp³-hybridized carbons (Fsp3) is 0.273. The Morgan fingerprint density at radius 2 is 2.10 bits per heavy atom. The summed E-state index contributed by atoms with van der Waals surface area (Å²) in [5.74, 6) is 2.09. The number of rotatable bonds is 3. The van der Waals surface area contributed by atoms with E-state index < -0.39 is 0 Å². The summed E-state index contributed by atoms with van der Waals surface area (Å²) >= 11 is 2.93. The van der Waals surface area contributed by atoms with E-state index in [1.165, 1.54) is 11.3 Å². The van der Waals surface area contributed by atoms with Crippen molar-refractivity contribution < 1.29 is 9.53 Å². The minimum Gasteiger partial charge on any atom is -0.493 e. The van der Waals surface area contributed by atoms with Gasteiger partial charge in [0.05, 0.1) is 11.6 Å². The van der Waals surface area contributed by atoms with Crippen LogP contribution in [0.5, 0.6) is 5.75 Å². The number of aryl methyl sites for hydroxylation is 1. The summed E-state index contributed by atoms with van der Waals surface area (Å²) in [7, 11) is 0. The number of anilines is 1. The molecule has 0 unspecified atom stereocenters. The van der Waals surface area contributed by atoms with E-state index >= 15 is 0 Å². The van der Waals surface area contributed by atoms with Crippen LogP contribution in [-0.2, 0) is 11.3 Å². The molecular weight excluding hydrogens is 404 g/mol. The number of fused-ring (bicyclic) bond motifs is 5. The maximum atomic E-state index is 12.8. The van der Waals surface area contributed by atoms with E-state index in [9.17, 15) is 9.59 Å². The third kappa shape index (κ3) is 3.38. The number of nitrogens with one attached hydrogen (secondary N) is 1. The molecule has 0 fully saturated rings. The third-order valence-electron chi connectivity index (χ3n) is 5.37. The minimum atomic E-state index is -0.187. The standard InChI is InChI=1S/C22H20N2O3S2/c1-13-5-4-6-15(9-13)23-18(25)10-24-21-20(29-22(24)26)19-14(12-28-21)11-27-17-8-3-2-7-16(17)19/h2-9,14,19H,10-12H2,1H3,(H,23,25)/t14-,19-/m0/s1. The van der Waals surface area contributed by atoms with Crippen molar-refractivity contribution in [3.05, 3.63) is 74.2 Å². The summed E-state index contributed by atoms with van der Waals surface area (Å²) in [5, 5.41) is 3.83. The summed E-state index contributed by atoms with van der Waals surface area (Å²) in [6, 6.07) is 15.7. The van der Waals surface area contributed by atoms with Crippen LogP contribution in [0.2, 0.25) is 0 Å². The molecule has 3 heterocycles. The van der Waals surface area contributed by atoms with E-state index in [4.69, 9.17) is 4.74 Å². The fourth-order valence-corrected chi connectivity index (χ4v) is 6.75. The van der Waals surface area contributed by atoms with Gasteiger partial charge in [-0.25, -0.2) is 0 Å². The van der Waals surface area contributed by atoms with Crippen molar-refractivity contribution in [2.75, 3.05) is 17.7 Å². The van der Waals surface area contributed by atoms with E-state index in [1.54, 1.807) is 16.3 Å². The quantitative estimate of drug-likeness (QED) is 0.688. The number of thiazole rings is 1. The topological polar surface area (TPSA) is 60.3 Å². The molecule has 2 aliphatic heterocycles. The van der Waals surface area contributed by atoms with Gasteiger partial charge < -0.3 is 10.1 Å². The lowest BCUT2D eigenvalue weighted by Crippen LogP contribution is -2.31. The molecule has 3 aromatic rings. The highest BCUT2D eigenvalue weighted by atomic mass is 32.2. The summed E-state index contributed by atoms with van der Waals surface area (Å²) < 4.78 is 7.56. The number of benzene rings is 2. The van der Waals surface area contributed by atoms with Gasteiger partial charge in [0.15, 0.2) is 0 Å². The number of aromatic nitrogens is 1. The van der Waals surface area contributed by atoms with Crippen LogP contribution in [0.4, 0.5) is 5.69 Å². The lowest BCUT2D eigenvalue weighted by atomic mass is 9.84. The van der Waals surface area contributed by atoms with Gasteiger partial charge in [-0.2, -0.15) is 0 Å². The van der Waals surface area contributed by atoms with Crippen molar-refractivity contribution in [1.82, 2.24) is 4.57 Å². The SMILES string of the molecule is Cc1cccc(NC(=O)Cn2c3c(sc2=O)[C@@H]2c4ccccc4OC[C@H]2CS3)c1. The Morgan fingerprint density at radius 1 is 1.24 bits per heavy atom. The Morgan fingerprint density at radius 3 is 2.97 bits per heavy atom. The van der Waals surface area contributed by atoms with Crippen LogP contribution in [0.3, 0.4) is 0 Å². The normalized spacial score (nSPS) is 19.5. The van der Waals surface area contributed by atoms with Crippen LogP contribution >= 0.6 is 23.1 Å². The van der Waals surface area contributed by atoms with Gasteiger partial charge in [0.2, 0.25) is 5.91 Å². The van der Waals surface area contributed by atoms with Crippen molar-refractivity contribution in [2.24, 2.45) is 5.92 Å². The van der Waals surface area contributed by atoms with Crippen LogP contribution in [0, 0.1) is 12.8 Å². The molecule has 5 nitrogen and oxygen atoms in total. The van der Waals surface area contributed by atoms with E-state index in [2.05, 4.69) is 11.4 Å². The van der Waals surface area contributed by atoms with E-state index in [-0.39, 0.29) is 23.2 Å². The number of nitrogens with zero attached hydrogens (tertiary/aromatic N) is 1. The number of hydrogen-bond donors (Lipinski definition) is 1. The average Bonchev–Trinajstić information content (AvgIpc) is 3.03. The van der Waals surface area contributed by atoms with Crippen LogP contribution in [0.25, 0.3) is 0 Å². The molecule has 5 rings (SSSR count). The maximum absolute atomic E-state index is 12.8. The molecule has 0 saturated carbocycles. The molecule has 1 aromatic heterocycles. The largest absolute Gasteiger partial charge is 0.493 e. The molecule has 0 aliphatic carbocycles. The first kappa shape index (κ1) is 18.5. The number of ether oxygens (including phenoxy) is 1. The van der Waals surface area contributed by atoms with E-state index in [0.717, 1.165) is 38.2 Å². The Balaban J connectivity index is 1.45. The lowest BCUT2D eigenvalue weighted by molar-refractivity contribution is -0.116. The minimum absolute atomic E-state index is 0.0289. The number of hydrogen-bond acceptors (Lipinski definition) is 5. The Bertz CT molecular complexity index is 1150. The summed E-state index contributed by atoms with van der Waals surface area (Å²) in [6.07, 6.45) is 0. The van der Waals surface area contributed by atoms with Gasteiger partial charge in [0.1, 0.15) is 12.3 Å². The van der Waals surface area contributed by atoms with Gasteiger partial charge >= 0.3 is 4.87 Å². The second-order valence-corrected chi connectivity index (χ2v) is 9.44. The predicted octanol–water partition coefficient (Wildman–Crippen LogP) is 4.10. The highest BCUT2D eigenvalue weighted by Crippen LogP contribution is 2.50. The highest BCUT2D eigenvalue weighted by Gasteiger charge is 2.39. The smallest absolute Gasteiger partial charge is 0.308 e. The number of thioether (sulfide) groups is 1. The molecule has 0 saturated heterocycles. The number of carbonyl (C=O) groups is 1. The number of carbonyl (C=O) groups excluding carboxylic acids is 1. The first-order chi connectivity index (χ1) is 14.1. The highest BCUT2D eigenvalue weighted by molar-refractivity contribution is 7.99. The molecule has 0 radical (unpaired) electrons. The summed E-state index contributed by atoms with van der Waals surface area (Å²) in [4.78, 5) is 26.4. The molecule has 1 N–H and O–H groups in total. The Hall–Kier alpha value is -2.51. The zero-order chi connectivity index (χ0) is 20.0. The number of para-hydroxylation sites is 1. The van der Waals surface area contributed by atoms with Crippen LogP contribution < -0.4 is 14.9 Å². The van der Waals surface area contributed by atoms with Crippen molar-refractivity contribution in [2.45, 2.75) is 24.4 Å². The molecular formula is C22H20N2O3S2.